The molecule has 0 bridgehead atoms. The molecule has 0 radical (unpaired) electrons. The second kappa shape index (κ2) is 4.26. The average Bonchev–Trinajstić information content (AvgIpc) is 2.35. The molecule has 0 spiro atoms. The summed E-state index contributed by atoms with van der Waals surface area (Å²) in [5.74, 6) is -0.185. The molecule has 3 nitrogen and oxygen atoms in total. The summed E-state index contributed by atoms with van der Waals surface area (Å²) in [7, 11) is 0. The third-order valence-corrected chi connectivity index (χ3v) is 6.38. The van der Waals surface area contributed by atoms with Crippen LogP contribution < -0.4 is 0 Å². The van der Waals surface area contributed by atoms with E-state index < -0.39 is 28.7 Å². The minimum atomic E-state index is -0.939. The van der Waals surface area contributed by atoms with Gasteiger partial charge in [-0.3, -0.25) is 0 Å². The van der Waals surface area contributed by atoms with Crippen molar-refractivity contribution < 1.29 is 14.6 Å². The van der Waals surface area contributed by atoms with Crippen molar-refractivity contribution in [1.29, 1.82) is 0 Å². The molecule has 0 saturated carbocycles. The van der Waals surface area contributed by atoms with Crippen LogP contribution in [0.5, 0.6) is 0 Å². The van der Waals surface area contributed by atoms with E-state index in [1.807, 2.05) is 0 Å². The molecule has 2 atom stereocenters. The summed E-state index contributed by atoms with van der Waals surface area (Å²) in [6.45, 7) is 1.46. The predicted octanol–water partition coefficient (Wildman–Crippen LogP) is -0.0434. The monoisotopic (exact) mass is 258 g/mol. The summed E-state index contributed by atoms with van der Waals surface area (Å²) in [6.07, 6.45) is 1.08. The van der Waals surface area contributed by atoms with Gasteiger partial charge in [-0.15, -0.1) is 0 Å². The van der Waals surface area contributed by atoms with Crippen molar-refractivity contribution in [3.05, 3.63) is 0 Å². The number of esters is 1. The van der Waals surface area contributed by atoms with E-state index >= 15 is 0 Å². The van der Waals surface area contributed by atoms with E-state index in [0.717, 1.165) is 12.8 Å². The zero-order chi connectivity index (χ0) is 8.27. The van der Waals surface area contributed by atoms with Crippen LogP contribution >= 0.6 is 0 Å². The quantitative estimate of drug-likeness (QED) is 0.558. The first-order valence-electron chi connectivity index (χ1n) is 3.75. The standard InChI is InChI=1S/C7H11O3.In/c1-3-4-5-7(9)10-6(2)8;/h1,5-6,8H,3-4H2,2H3;. The van der Waals surface area contributed by atoms with Gasteiger partial charge in [-0.05, 0) is 0 Å². The Morgan fingerprint density at radius 2 is 2.64 bits per heavy atom. The first kappa shape index (κ1) is 9.26. The number of ether oxygens (including phenoxy) is 1. The Kier molecular flexibility index (Phi) is 3.59. The van der Waals surface area contributed by atoms with Crippen LogP contribution in [0, 0.1) is 0 Å². The summed E-state index contributed by atoms with van der Waals surface area (Å²) < 4.78 is 7.13. The fourth-order valence-corrected chi connectivity index (χ4v) is 4.89. The van der Waals surface area contributed by atoms with Gasteiger partial charge in [0.25, 0.3) is 0 Å². The number of hydrogen-bond donors (Lipinski definition) is 1. The number of carbonyl (C=O) groups excluding carboxylic acids is 1. The SMILES string of the molecule is CC(O)OC(=O)[CH]1CC[CH]=[In]1. The van der Waals surface area contributed by atoms with Gasteiger partial charge in [-0.25, -0.2) is 0 Å². The van der Waals surface area contributed by atoms with Gasteiger partial charge in [0.2, 0.25) is 0 Å². The number of aliphatic hydroxyl groups excluding tert-OH is 1. The second-order valence-corrected chi connectivity index (χ2v) is 7.39. The molecule has 0 fully saturated rings. The van der Waals surface area contributed by atoms with Gasteiger partial charge in [-0.2, -0.15) is 0 Å². The third kappa shape index (κ3) is 2.95. The third-order valence-electron chi connectivity index (χ3n) is 1.60. The van der Waals surface area contributed by atoms with Crippen molar-refractivity contribution in [2.75, 3.05) is 0 Å². The van der Waals surface area contributed by atoms with E-state index in [1.165, 1.54) is 6.92 Å². The van der Waals surface area contributed by atoms with Crippen LogP contribution in [0.25, 0.3) is 0 Å². The summed E-state index contributed by atoms with van der Waals surface area (Å²) in [5, 5.41) is 8.75. The van der Waals surface area contributed by atoms with Crippen LogP contribution in [0.4, 0.5) is 0 Å². The van der Waals surface area contributed by atoms with Crippen molar-refractivity contribution >= 4 is 32.2 Å². The van der Waals surface area contributed by atoms with Gasteiger partial charge >= 0.3 is 76.5 Å². The first-order chi connectivity index (χ1) is 5.20. The topological polar surface area (TPSA) is 46.5 Å². The van der Waals surface area contributed by atoms with Gasteiger partial charge < -0.3 is 0 Å². The molecule has 1 aliphatic rings. The van der Waals surface area contributed by atoms with Gasteiger partial charge in [0.05, 0.1) is 0 Å². The first-order valence-corrected chi connectivity index (χ1v) is 7.56. The van der Waals surface area contributed by atoms with Crippen molar-refractivity contribution in [2.24, 2.45) is 0 Å². The summed E-state index contributed by atoms with van der Waals surface area (Å²) >= 11 is -0.764. The summed E-state index contributed by atoms with van der Waals surface area (Å²) in [6, 6.07) is 0. The molecule has 0 aromatic heterocycles. The van der Waals surface area contributed by atoms with Crippen LogP contribution in [0.15, 0.2) is 0 Å². The molecule has 0 aromatic carbocycles. The van der Waals surface area contributed by atoms with Gasteiger partial charge in [0.1, 0.15) is 0 Å². The second-order valence-electron chi connectivity index (χ2n) is 2.65. The van der Waals surface area contributed by atoms with Crippen molar-refractivity contribution in [3.63, 3.8) is 0 Å². The van der Waals surface area contributed by atoms with Crippen molar-refractivity contribution in [1.82, 2.24) is 0 Å². The predicted molar refractivity (Wildman–Crippen MR) is 42.6 cm³/mol. The maximum atomic E-state index is 11.1. The Morgan fingerprint density at radius 3 is 3.09 bits per heavy atom. The van der Waals surface area contributed by atoms with Crippen LogP contribution in [0.2, 0.25) is 3.67 Å². The molecule has 2 unspecified atom stereocenters. The van der Waals surface area contributed by atoms with E-state index in [1.54, 1.807) is 0 Å². The molecule has 0 saturated heterocycles. The molecule has 0 aliphatic carbocycles. The van der Waals surface area contributed by atoms with Crippen LogP contribution in [0.1, 0.15) is 19.8 Å². The zero-order valence-electron chi connectivity index (χ0n) is 6.49. The number of aliphatic hydroxyl groups is 1. The molecule has 1 aliphatic heterocycles. The van der Waals surface area contributed by atoms with Crippen molar-refractivity contribution in [3.8, 4) is 0 Å². The Labute approximate surface area is 76.6 Å². The number of rotatable bonds is 2. The normalized spacial score (nSPS) is 24.4. The van der Waals surface area contributed by atoms with E-state index in [9.17, 15) is 4.79 Å². The molecule has 0 aromatic rings. The van der Waals surface area contributed by atoms with Crippen LogP contribution in [-0.4, -0.2) is 43.5 Å². The molecule has 4 heteroatoms. The number of hydrogen-bond acceptors (Lipinski definition) is 3. The molecule has 1 N–H and O–H groups in total. The Morgan fingerprint density at radius 1 is 1.91 bits per heavy atom. The van der Waals surface area contributed by atoms with E-state index in [4.69, 9.17) is 5.11 Å². The fourth-order valence-electron chi connectivity index (χ4n) is 1.08. The summed E-state index contributed by atoms with van der Waals surface area (Å²) in [4.78, 5) is 11.1. The number of carbonyl (C=O) groups is 1. The molecule has 11 heavy (non-hydrogen) atoms. The molecular formula is C7H11InO3. The fraction of sp³-hybridized carbons (Fsp3) is 0.714. The van der Waals surface area contributed by atoms with Crippen LogP contribution in [-0.2, 0) is 9.53 Å². The van der Waals surface area contributed by atoms with Gasteiger partial charge in [-0.1, -0.05) is 0 Å². The molecule has 1 rings (SSSR count). The Bertz CT molecular complexity index is 177. The molecule has 0 amide bonds. The van der Waals surface area contributed by atoms with E-state index in [0.29, 0.717) is 0 Å². The summed E-state index contributed by atoms with van der Waals surface area (Å²) in [5.41, 5.74) is 0. The maximum absolute atomic E-state index is 11.1. The zero-order valence-corrected chi connectivity index (χ0v) is 9.78. The van der Waals surface area contributed by atoms with E-state index in [-0.39, 0.29) is 9.64 Å². The average molecular weight is 258 g/mol. The Hall–Kier alpha value is 0.170. The van der Waals surface area contributed by atoms with E-state index in [2.05, 4.69) is 8.50 Å². The molecule has 1 heterocycles. The molecular weight excluding hydrogens is 247 g/mol. The van der Waals surface area contributed by atoms with Crippen molar-refractivity contribution in [2.45, 2.75) is 29.7 Å². The minimum absolute atomic E-state index is 0.180. The van der Waals surface area contributed by atoms with Gasteiger partial charge in [0.15, 0.2) is 0 Å². The molecule has 60 valence electrons. The van der Waals surface area contributed by atoms with Crippen LogP contribution in [0.3, 0.4) is 0 Å². The van der Waals surface area contributed by atoms with Gasteiger partial charge in [0, 0.05) is 0 Å². The Balaban J connectivity index is 2.35.